The third kappa shape index (κ3) is 1.07. The first-order valence-corrected chi connectivity index (χ1v) is 6.59. The summed E-state index contributed by atoms with van der Waals surface area (Å²) in [6, 6.07) is 9.89. The molecule has 98 valence electrons. The fourth-order valence-corrected chi connectivity index (χ4v) is 4.11. The van der Waals surface area contributed by atoms with Crippen molar-refractivity contribution in [1.82, 2.24) is 0 Å². The smallest absolute Gasteiger partial charge is 0.332 e. The molecular weight excluding hydrogens is 236 g/mol. The number of allylic oxidation sites excluding steroid dienone is 3. The van der Waals surface area contributed by atoms with Gasteiger partial charge in [-0.2, -0.15) is 0 Å². The molecule has 2 nitrogen and oxygen atoms in total. The second-order valence-corrected chi connectivity index (χ2v) is 5.92. The number of rotatable bonds is 2. The summed E-state index contributed by atoms with van der Waals surface area (Å²) in [5.41, 5.74) is 4.72. The number of carboxylic acids is 1. The van der Waals surface area contributed by atoms with Crippen molar-refractivity contribution >= 4 is 11.5 Å². The van der Waals surface area contributed by atoms with Crippen LogP contribution in [-0.4, -0.2) is 11.1 Å². The van der Waals surface area contributed by atoms with E-state index in [0.717, 1.165) is 11.1 Å². The van der Waals surface area contributed by atoms with E-state index in [-0.39, 0.29) is 10.8 Å². The molecule has 0 heterocycles. The van der Waals surface area contributed by atoms with Gasteiger partial charge in [0.25, 0.3) is 0 Å². The van der Waals surface area contributed by atoms with Gasteiger partial charge in [0.2, 0.25) is 0 Å². The van der Waals surface area contributed by atoms with Crippen LogP contribution in [0.25, 0.3) is 5.57 Å². The average molecular weight is 254 g/mol. The molecule has 0 aliphatic heterocycles. The number of hydrogen-bond acceptors (Lipinski definition) is 1. The van der Waals surface area contributed by atoms with Gasteiger partial charge in [-0.1, -0.05) is 55.3 Å². The van der Waals surface area contributed by atoms with Crippen LogP contribution >= 0.6 is 0 Å². The summed E-state index contributed by atoms with van der Waals surface area (Å²) in [5.74, 6) is -0.786. The zero-order valence-corrected chi connectivity index (χ0v) is 11.7. The van der Waals surface area contributed by atoms with Crippen LogP contribution < -0.4 is 0 Å². The lowest BCUT2D eigenvalue weighted by atomic mass is 9.35. The Morgan fingerprint density at radius 2 is 1.53 bits per heavy atom. The maximum absolute atomic E-state index is 11.7. The molecule has 2 aliphatic carbocycles. The zero-order chi connectivity index (χ0) is 14.0. The number of fused-ring (bicyclic) bond motifs is 1. The maximum atomic E-state index is 11.7. The van der Waals surface area contributed by atoms with E-state index in [9.17, 15) is 9.90 Å². The van der Waals surface area contributed by atoms with Gasteiger partial charge in [0, 0.05) is 10.8 Å². The highest BCUT2D eigenvalue weighted by Crippen LogP contribution is 2.77. The summed E-state index contributed by atoms with van der Waals surface area (Å²) in [5, 5.41) is 9.59. The van der Waals surface area contributed by atoms with E-state index >= 15 is 0 Å². The van der Waals surface area contributed by atoms with E-state index in [4.69, 9.17) is 0 Å². The summed E-state index contributed by atoms with van der Waals surface area (Å²) in [4.78, 5) is 11.7. The number of benzene rings is 1. The predicted octanol–water partition coefficient (Wildman–Crippen LogP) is 3.90. The van der Waals surface area contributed by atoms with E-state index in [1.165, 1.54) is 11.1 Å². The Labute approximate surface area is 113 Å². The largest absolute Gasteiger partial charge is 0.478 e. The van der Waals surface area contributed by atoms with Crippen LogP contribution in [0.2, 0.25) is 0 Å². The van der Waals surface area contributed by atoms with Crippen molar-refractivity contribution in [2.24, 2.45) is 10.8 Å². The molecule has 0 aromatic heterocycles. The van der Waals surface area contributed by atoms with Gasteiger partial charge in [-0.25, -0.2) is 4.79 Å². The first-order chi connectivity index (χ1) is 8.86. The quantitative estimate of drug-likeness (QED) is 0.813. The molecule has 1 aromatic rings. The number of carbonyl (C=O) groups is 1. The molecule has 0 fully saturated rings. The van der Waals surface area contributed by atoms with Gasteiger partial charge in [0.15, 0.2) is 0 Å². The predicted molar refractivity (Wildman–Crippen MR) is 75.6 cm³/mol. The molecule has 2 aliphatic rings. The van der Waals surface area contributed by atoms with Crippen LogP contribution in [0.15, 0.2) is 47.1 Å². The van der Waals surface area contributed by atoms with E-state index < -0.39 is 5.97 Å². The van der Waals surface area contributed by atoms with Crippen LogP contribution in [0.3, 0.4) is 0 Å². The van der Waals surface area contributed by atoms with Crippen LogP contribution in [0.5, 0.6) is 0 Å². The molecule has 3 rings (SSSR count). The van der Waals surface area contributed by atoms with Crippen LogP contribution in [0.4, 0.5) is 0 Å². The van der Waals surface area contributed by atoms with E-state index in [0.29, 0.717) is 5.57 Å². The molecule has 0 bridgehead atoms. The van der Waals surface area contributed by atoms with Crippen molar-refractivity contribution in [3.8, 4) is 0 Å². The summed E-state index contributed by atoms with van der Waals surface area (Å²) in [6.07, 6.45) is 0. The molecule has 2 heteroatoms. The minimum atomic E-state index is -0.786. The molecule has 0 saturated heterocycles. The average Bonchev–Trinajstić information content (AvgIpc) is 2.41. The molecule has 0 saturated carbocycles. The zero-order valence-electron chi connectivity index (χ0n) is 11.7. The highest BCUT2D eigenvalue weighted by Gasteiger charge is 2.69. The SMILES string of the molecule is CC1=C(C)[C@]2(C)C(c3ccccc3)=C(C(=O)O)[C@]12C. The van der Waals surface area contributed by atoms with Crippen molar-refractivity contribution in [1.29, 1.82) is 0 Å². The van der Waals surface area contributed by atoms with Crippen LogP contribution in [0.1, 0.15) is 33.3 Å². The van der Waals surface area contributed by atoms with Crippen molar-refractivity contribution < 1.29 is 9.90 Å². The maximum Gasteiger partial charge on any atom is 0.332 e. The molecule has 0 amide bonds. The monoisotopic (exact) mass is 254 g/mol. The molecule has 1 N–H and O–H groups in total. The van der Waals surface area contributed by atoms with E-state index in [1.54, 1.807) is 0 Å². The van der Waals surface area contributed by atoms with Crippen molar-refractivity contribution in [3.63, 3.8) is 0 Å². The minimum Gasteiger partial charge on any atom is -0.478 e. The summed E-state index contributed by atoms with van der Waals surface area (Å²) in [6.45, 7) is 8.41. The van der Waals surface area contributed by atoms with Crippen molar-refractivity contribution in [2.45, 2.75) is 27.7 Å². The van der Waals surface area contributed by atoms with Crippen molar-refractivity contribution in [2.75, 3.05) is 0 Å². The fraction of sp³-hybridized carbons (Fsp3) is 0.353. The molecule has 0 spiro atoms. The second-order valence-electron chi connectivity index (χ2n) is 5.92. The summed E-state index contributed by atoms with van der Waals surface area (Å²) >= 11 is 0. The van der Waals surface area contributed by atoms with Crippen LogP contribution in [0, 0.1) is 10.8 Å². The lowest BCUT2D eigenvalue weighted by Crippen LogP contribution is -2.60. The van der Waals surface area contributed by atoms with Crippen LogP contribution in [-0.2, 0) is 4.79 Å². The molecule has 0 radical (unpaired) electrons. The Bertz CT molecular complexity index is 651. The Balaban J connectivity index is 2.26. The Hall–Kier alpha value is -1.83. The molecule has 0 unspecified atom stereocenters. The lowest BCUT2D eigenvalue weighted by Gasteiger charge is -2.67. The van der Waals surface area contributed by atoms with Gasteiger partial charge >= 0.3 is 5.97 Å². The second kappa shape index (κ2) is 3.38. The number of carboxylic acid groups (broad SMARTS) is 1. The highest BCUT2D eigenvalue weighted by atomic mass is 16.4. The first kappa shape index (κ1) is 12.2. The van der Waals surface area contributed by atoms with Crippen molar-refractivity contribution in [3.05, 3.63) is 52.6 Å². The third-order valence-corrected chi connectivity index (χ3v) is 5.59. The molecule has 1 aromatic carbocycles. The topological polar surface area (TPSA) is 37.3 Å². The standard InChI is InChI=1S/C17H18O2/c1-10-11(2)17(4)14(15(18)19)13(16(10,17)3)12-8-6-5-7-9-12/h5-9H,1-4H3,(H,18,19)/t16-,17+/m1/s1. The number of hydrogen-bond donors (Lipinski definition) is 1. The Morgan fingerprint density at radius 3 is 2.05 bits per heavy atom. The van der Waals surface area contributed by atoms with E-state index in [2.05, 4.69) is 27.7 Å². The molecule has 19 heavy (non-hydrogen) atoms. The van der Waals surface area contributed by atoms with Gasteiger partial charge in [0.05, 0.1) is 5.57 Å². The first-order valence-electron chi connectivity index (χ1n) is 6.59. The summed E-state index contributed by atoms with van der Waals surface area (Å²) in [7, 11) is 0. The fourth-order valence-electron chi connectivity index (χ4n) is 4.11. The van der Waals surface area contributed by atoms with Gasteiger partial charge < -0.3 is 5.11 Å². The summed E-state index contributed by atoms with van der Waals surface area (Å²) < 4.78 is 0. The normalized spacial score (nSPS) is 32.6. The third-order valence-electron chi connectivity index (χ3n) is 5.59. The van der Waals surface area contributed by atoms with Gasteiger partial charge in [-0.3, -0.25) is 0 Å². The molecule has 2 atom stereocenters. The molecular formula is C17H18O2. The van der Waals surface area contributed by atoms with E-state index in [1.807, 2.05) is 30.3 Å². The Morgan fingerprint density at radius 1 is 1.00 bits per heavy atom. The lowest BCUT2D eigenvalue weighted by molar-refractivity contribution is -0.135. The highest BCUT2D eigenvalue weighted by molar-refractivity contribution is 6.08. The van der Waals surface area contributed by atoms with Gasteiger partial charge in [0.1, 0.15) is 0 Å². The van der Waals surface area contributed by atoms with Gasteiger partial charge in [-0.05, 0) is 25.0 Å². The number of aliphatic carboxylic acids is 1. The minimum absolute atomic E-state index is 0.119. The Kier molecular flexibility index (Phi) is 2.17. The van der Waals surface area contributed by atoms with Gasteiger partial charge in [-0.15, -0.1) is 0 Å².